The quantitative estimate of drug-likeness (QED) is 0.192. The van der Waals surface area contributed by atoms with Crippen molar-refractivity contribution in [2.24, 2.45) is 10.7 Å². The predicted molar refractivity (Wildman–Crippen MR) is 99.1 cm³/mol. The molecule has 0 atom stereocenters. The number of benzene rings is 1. The number of nitrogens with two attached hydrogens (primary N) is 1. The van der Waals surface area contributed by atoms with Gasteiger partial charge in [0.1, 0.15) is 19.0 Å². The standard InChI is InChI=1S/C17H25ClN2O6/c1-4-24-17(21)12-9-14(25-7-5-22-2)15(26-8-6-23-3)10-13(12)20-16(19)11-18/h9-10H,4-8,11H2,1-3H3,(H2,19,20). The van der Waals surface area contributed by atoms with Crippen molar-refractivity contribution in [1.29, 1.82) is 0 Å². The number of hydrogen-bond acceptors (Lipinski definition) is 7. The molecule has 0 saturated carbocycles. The molecule has 0 fully saturated rings. The molecule has 9 heteroatoms. The number of amidine groups is 1. The minimum absolute atomic E-state index is 0.0220. The topological polar surface area (TPSA) is 102 Å². The first-order valence-corrected chi connectivity index (χ1v) is 8.58. The lowest BCUT2D eigenvalue weighted by atomic mass is 10.1. The van der Waals surface area contributed by atoms with Crippen molar-refractivity contribution in [2.75, 3.05) is 53.1 Å². The van der Waals surface area contributed by atoms with E-state index in [1.165, 1.54) is 6.07 Å². The van der Waals surface area contributed by atoms with Crippen LogP contribution in [0, 0.1) is 0 Å². The van der Waals surface area contributed by atoms with Gasteiger partial charge in [-0.3, -0.25) is 0 Å². The predicted octanol–water partition coefficient (Wildman–Crippen LogP) is 2.14. The highest BCUT2D eigenvalue weighted by molar-refractivity contribution is 6.28. The number of nitrogens with zero attached hydrogens (tertiary/aromatic N) is 1. The maximum absolute atomic E-state index is 12.3. The van der Waals surface area contributed by atoms with E-state index in [1.54, 1.807) is 27.2 Å². The van der Waals surface area contributed by atoms with Crippen LogP contribution in [0.3, 0.4) is 0 Å². The summed E-state index contributed by atoms with van der Waals surface area (Å²) in [6.07, 6.45) is 0. The fourth-order valence-electron chi connectivity index (χ4n) is 1.89. The Hall–Kier alpha value is -2.03. The second-order valence-corrected chi connectivity index (χ2v) is 5.22. The van der Waals surface area contributed by atoms with Crippen molar-refractivity contribution in [3.05, 3.63) is 17.7 Å². The largest absolute Gasteiger partial charge is 0.487 e. The summed E-state index contributed by atoms with van der Waals surface area (Å²) in [6.45, 7) is 3.28. The third kappa shape index (κ3) is 7.07. The number of aliphatic imine (C=N–C) groups is 1. The summed E-state index contributed by atoms with van der Waals surface area (Å²) in [5.41, 5.74) is 6.20. The summed E-state index contributed by atoms with van der Waals surface area (Å²) in [7, 11) is 3.14. The van der Waals surface area contributed by atoms with E-state index in [0.29, 0.717) is 31.3 Å². The Morgan fingerprint density at radius 1 is 1.08 bits per heavy atom. The molecular formula is C17H25ClN2O6. The van der Waals surface area contributed by atoms with Gasteiger partial charge in [-0.25, -0.2) is 9.79 Å². The van der Waals surface area contributed by atoms with Crippen molar-refractivity contribution < 1.29 is 28.5 Å². The van der Waals surface area contributed by atoms with Gasteiger partial charge in [0.25, 0.3) is 0 Å². The molecule has 26 heavy (non-hydrogen) atoms. The molecule has 0 aliphatic heterocycles. The lowest BCUT2D eigenvalue weighted by molar-refractivity contribution is 0.0526. The van der Waals surface area contributed by atoms with E-state index in [-0.39, 0.29) is 36.2 Å². The molecule has 2 N–H and O–H groups in total. The van der Waals surface area contributed by atoms with Crippen LogP contribution in [0.4, 0.5) is 5.69 Å². The first-order valence-electron chi connectivity index (χ1n) is 8.04. The Morgan fingerprint density at radius 3 is 2.15 bits per heavy atom. The van der Waals surface area contributed by atoms with Gasteiger partial charge in [-0.2, -0.15) is 0 Å². The van der Waals surface area contributed by atoms with Gasteiger partial charge in [-0.05, 0) is 6.92 Å². The normalized spacial score (nSPS) is 11.3. The van der Waals surface area contributed by atoms with Crippen LogP contribution in [0.15, 0.2) is 17.1 Å². The molecule has 1 aromatic carbocycles. The van der Waals surface area contributed by atoms with Gasteiger partial charge in [0.15, 0.2) is 11.5 Å². The second kappa shape index (κ2) is 12.3. The highest BCUT2D eigenvalue weighted by atomic mass is 35.5. The average Bonchev–Trinajstić information content (AvgIpc) is 2.63. The Labute approximate surface area is 158 Å². The molecule has 0 amide bonds. The number of ether oxygens (including phenoxy) is 5. The number of methoxy groups -OCH3 is 2. The minimum atomic E-state index is -0.548. The van der Waals surface area contributed by atoms with E-state index in [1.807, 2.05) is 0 Å². The van der Waals surface area contributed by atoms with Gasteiger partial charge >= 0.3 is 5.97 Å². The van der Waals surface area contributed by atoms with Crippen molar-refractivity contribution >= 4 is 29.1 Å². The van der Waals surface area contributed by atoms with Crippen LogP contribution in [0.2, 0.25) is 0 Å². The number of hydrogen-bond donors (Lipinski definition) is 1. The van der Waals surface area contributed by atoms with E-state index in [9.17, 15) is 4.79 Å². The van der Waals surface area contributed by atoms with E-state index >= 15 is 0 Å². The van der Waals surface area contributed by atoms with Gasteiger partial charge in [0.05, 0.1) is 37.0 Å². The maximum atomic E-state index is 12.3. The molecule has 0 spiro atoms. The molecule has 1 aromatic rings. The smallest absolute Gasteiger partial charge is 0.340 e. The SMILES string of the molecule is CCOC(=O)c1cc(OCCOC)c(OCCOC)cc1N=C(N)CCl. The summed E-state index contributed by atoms with van der Waals surface area (Å²) in [5.74, 6) is 0.396. The van der Waals surface area contributed by atoms with Crippen LogP contribution < -0.4 is 15.2 Å². The molecule has 0 aliphatic carbocycles. The van der Waals surface area contributed by atoms with Gasteiger partial charge in [-0.15, -0.1) is 11.6 Å². The van der Waals surface area contributed by atoms with Gasteiger partial charge in [0.2, 0.25) is 0 Å². The van der Waals surface area contributed by atoms with Crippen LogP contribution in [0.5, 0.6) is 11.5 Å². The summed E-state index contributed by atoms with van der Waals surface area (Å²) in [5, 5.41) is 0. The van der Waals surface area contributed by atoms with Gasteiger partial charge in [0, 0.05) is 26.4 Å². The van der Waals surface area contributed by atoms with Crippen LogP contribution in [-0.4, -0.2) is 64.9 Å². The summed E-state index contributed by atoms with van der Waals surface area (Å²) < 4.78 is 26.4. The van der Waals surface area contributed by atoms with Gasteiger partial charge < -0.3 is 29.4 Å². The first-order chi connectivity index (χ1) is 12.6. The van der Waals surface area contributed by atoms with Crippen molar-refractivity contribution in [3.63, 3.8) is 0 Å². The van der Waals surface area contributed by atoms with E-state index in [0.717, 1.165) is 0 Å². The Bertz CT molecular complexity index is 609. The van der Waals surface area contributed by atoms with Crippen molar-refractivity contribution in [1.82, 2.24) is 0 Å². The fourth-order valence-corrected chi connectivity index (χ4v) is 1.95. The van der Waals surface area contributed by atoms with Crippen LogP contribution in [0.25, 0.3) is 0 Å². The molecule has 0 heterocycles. The zero-order valence-electron chi connectivity index (χ0n) is 15.2. The Morgan fingerprint density at radius 2 is 1.65 bits per heavy atom. The highest BCUT2D eigenvalue weighted by Crippen LogP contribution is 2.36. The lowest BCUT2D eigenvalue weighted by Crippen LogP contribution is -2.14. The molecule has 146 valence electrons. The van der Waals surface area contributed by atoms with Crippen LogP contribution >= 0.6 is 11.6 Å². The molecular weight excluding hydrogens is 364 g/mol. The Kier molecular flexibility index (Phi) is 10.5. The molecule has 0 saturated heterocycles. The third-order valence-corrected chi connectivity index (χ3v) is 3.32. The van der Waals surface area contributed by atoms with Crippen LogP contribution in [0.1, 0.15) is 17.3 Å². The van der Waals surface area contributed by atoms with Gasteiger partial charge in [-0.1, -0.05) is 0 Å². The minimum Gasteiger partial charge on any atom is -0.487 e. The van der Waals surface area contributed by atoms with Crippen LogP contribution in [-0.2, 0) is 14.2 Å². The number of alkyl halides is 1. The number of rotatable bonds is 12. The number of carbonyl (C=O) groups excluding carboxylic acids is 1. The fraction of sp³-hybridized carbons (Fsp3) is 0.529. The summed E-state index contributed by atoms with van der Waals surface area (Å²) in [4.78, 5) is 16.5. The van der Waals surface area contributed by atoms with E-state index < -0.39 is 5.97 Å². The van der Waals surface area contributed by atoms with Crippen molar-refractivity contribution in [3.8, 4) is 11.5 Å². The lowest BCUT2D eigenvalue weighted by Gasteiger charge is -2.15. The monoisotopic (exact) mass is 388 g/mol. The highest BCUT2D eigenvalue weighted by Gasteiger charge is 2.19. The third-order valence-electron chi connectivity index (χ3n) is 3.05. The molecule has 0 aliphatic rings. The number of carbonyl (C=O) groups is 1. The van der Waals surface area contributed by atoms with E-state index in [2.05, 4.69) is 4.99 Å². The molecule has 8 nitrogen and oxygen atoms in total. The molecule has 0 bridgehead atoms. The second-order valence-electron chi connectivity index (χ2n) is 4.96. The van der Waals surface area contributed by atoms with Crippen molar-refractivity contribution in [2.45, 2.75) is 6.92 Å². The molecule has 0 radical (unpaired) electrons. The number of esters is 1. The van der Waals surface area contributed by atoms with E-state index in [4.69, 9.17) is 41.0 Å². The average molecular weight is 389 g/mol. The Balaban J connectivity index is 3.30. The zero-order chi connectivity index (χ0) is 19.4. The molecule has 0 unspecified atom stereocenters. The summed E-state index contributed by atoms with van der Waals surface area (Å²) in [6, 6.07) is 3.07. The molecule has 0 aromatic heterocycles. The maximum Gasteiger partial charge on any atom is 0.340 e. The number of halogens is 1. The summed E-state index contributed by atoms with van der Waals surface area (Å²) >= 11 is 5.69. The first kappa shape index (κ1) is 22.0. The zero-order valence-corrected chi connectivity index (χ0v) is 16.0. The molecule has 1 rings (SSSR count).